The highest BCUT2D eigenvalue weighted by atomic mass is 16.1. The molecular formula is C17H19NO. The highest BCUT2D eigenvalue weighted by molar-refractivity contribution is 6.09. The van der Waals surface area contributed by atoms with Gasteiger partial charge in [0.2, 0.25) is 0 Å². The average molecular weight is 253 g/mol. The van der Waals surface area contributed by atoms with Gasteiger partial charge in [-0.05, 0) is 37.6 Å². The van der Waals surface area contributed by atoms with Gasteiger partial charge in [-0.3, -0.25) is 4.79 Å². The molecule has 0 aliphatic heterocycles. The smallest absolute Gasteiger partial charge is 0.193 e. The molecule has 0 fully saturated rings. The summed E-state index contributed by atoms with van der Waals surface area (Å²) >= 11 is 0. The van der Waals surface area contributed by atoms with Crippen LogP contribution in [0.15, 0.2) is 54.6 Å². The Morgan fingerprint density at radius 2 is 1.58 bits per heavy atom. The van der Waals surface area contributed by atoms with Crippen molar-refractivity contribution in [1.29, 1.82) is 0 Å². The molecule has 0 radical (unpaired) electrons. The van der Waals surface area contributed by atoms with Crippen LogP contribution < -0.4 is 5.32 Å². The minimum absolute atomic E-state index is 0.0655. The lowest BCUT2D eigenvalue weighted by Crippen LogP contribution is -2.13. The molecule has 2 rings (SSSR count). The van der Waals surface area contributed by atoms with Crippen molar-refractivity contribution < 1.29 is 4.79 Å². The summed E-state index contributed by atoms with van der Waals surface area (Å²) in [4.78, 5) is 12.2. The summed E-state index contributed by atoms with van der Waals surface area (Å²) < 4.78 is 0. The summed E-state index contributed by atoms with van der Waals surface area (Å²) in [5, 5.41) is 3.39. The summed E-state index contributed by atoms with van der Waals surface area (Å²) in [6.45, 7) is 4.29. The van der Waals surface area contributed by atoms with E-state index in [1.807, 2.05) is 54.6 Å². The van der Waals surface area contributed by atoms with Gasteiger partial charge in [-0.1, -0.05) is 37.3 Å². The summed E-state index contributed by atoms with van der Waals surface area (Å²) in [6, 6.07) is 17.5. The van der Waals surface area contributed by atoms with E-state index in [0.717, 1.165) is 23.2 Å². The Morgan fingerprint density at radius 3 is 2.16 bits per heavy atom. The van der Waals surface area contributed by atoms with Crippen molar-refractivity contribution in [2.75, 3.05) is 5.32 Å². The summed E-state index contributed by atoms with van der Waals surface area (Å²) in [7, 11) is 0. The fourth-order valence-corrected chi connectivity index (χ4v) is 1.86. The van der Waals surface area contributed by atoms with Gasteiger partial charge in [-0.25, -0.2) is 0 Å². The van der Waals surface area contributed by atoms with Crippen LogP contribution in [0, 0.1) is 0 Å². The zero-order valence-electron chi connectivity index (χ0n) is 11.4. The maximum absolute atomic E-state index is 12.2. The van der Waals surface area contributed by atoms with Crippen LogP contribution >= 0.6 is 0 Å². The first-order valence-corrected chi connectivity index (χ1v) is 6.67. The Bertz CT molecular complexity index is 531. The number of hydrogen-bond donors (Lipinski definition) is 1. The Balaban J connectivity index is 2.12. The topological polar surface area (TPSA) is 29.1 Å². The number of carbonyl (C=O) groups excluding carboxylic acids is 1. The van der Waals surface area contributed by atoms with Crippen molar-refractivity contribution in [3.05, 3.63) is 65.7 Å². The first kappa shape index (κ1) is 13.3. The number of carbonyl (C=O) groups is 1. The van der Waals surface area contributed by atoms with Gasteiger partial charge in [0.1, 0.15) is 0 Å². The quantitative estimate of drug-likeness (QED) is 0.812. The predicted octanol–water partition coefficient (Wildman–Crippen LogP) is 4.13. The second kappa shape index (κ2) is 6.19. The van der Waals surface area contributed by atoms with E-state index in [9.17, 15) is 4.79 Å². The molecular weight excluding hydrogens is 234 g/mol. The highest BCUT2D eigenvalue weighted by Gasteiger charge is 2.08. The van der Waals surface area contributed by atoms with Gasteiger partial charge < -0.3 is 5.32 Å². The number of benzene rings is 2. The maximum atomic E-state index is 12.2. The van der Waals surface area contributed by atoms with Gasteiger partial charge in [0, 0.05) is 22.9 Å². The summed E-state index contributed by atoms with van der Waals surface area (Å²) in [5.74, 6) is 0.0655. The fourth-order valence-electron chi connectivity index (χ4n) is 1.86. The van der Waals surface area contributed by atoms with E-state index in [4.69, 9.17) is 0 Å². The maximum Gasteiger partial charge on any atom is 0.193 e. The average Bonchev–Trinajstić information content (AvgIpc) is 2.48. The molecule has 0 aromatic heterocycles. The van der Waals surface area contributed by atoms with E-state index in [2.05, 4.69) is 19.2 Å². The van der Waals surface area contributed by atoms with Crippen LogP contribution in [0.4, 0.5) is 5.69 Å². The van der Waals surface area contributed by atoms with Crippen molar-refractivity contribution >= 4 is 11.5 Å². The Morgan fingerprint density at radius 1 is 1.00 bits per heavy atom. The van der Waals surface area contributed by atoms with Gasteiger partial charge in [0.05, 0.1) is 0 Å². The molecule has 1 unspecified atom stereocenters. The van der Waals surface area contributed by atoms with Gasteiger partial charge >= 0.3 is 0 Å². The van der Waals surface area contributed by atoms with Crippen molar-refractivity contribution in [2.24, 2.45) is 0 Å². The third kappa shape index (κ3) is 3.44. The lowest BCUT2D eigenvalue weighted by Gasteiger charge is -2.13. The molecule has 98 valence electrons. The second-order valence-electron chi connectivity index (χ2n) is 4.73. The lowest BCUT2D eigenvalue weighted by molar-refractivity contribution is 0.103. The van der Waals surface area contributed by atoms with Crippen LogP contribution in [-0.4, -0.2) is 11.8 Å². The van der Waals surface area contributed by atoms with Crippen molar-refractivity contribution in [3.63, 3.8) is 0 Å². The van der Waals surface area contributed by atoms with E-state index >= 15 is 0 Å². The molecule has 1 atom stereocenters. The van der Waals surface area contributed by atoms with E-state index < -0.39 is 0 Å². The Hall–Kier alpha value is -2.09. The van der Waals surface area contributed by atoms with Crippen LogP contribution in [0.2, 0.25) is 0 Å². The van der Waals surface area contributed by atoms with Gasteiger partial charge in [0.25, 0.3) is 0 Å². The molecule has 1 N–H and O–H groups in total. The summed E-state index contributed by atoms with van der Waals surface area (Å²) in [6.07, 6.45) is 1.07. The number of rotatable bonds is 5. The molecule has 2 aromatic carbocycles. The number of nitrogens with one attached hydrogen (secondary N) is 1. The van der Waals surface area contributed by atoms with E-state index in [1.54, 1.807) is 0 Å². The van der Waals surface area contributed by atoms with Crippen LogP contribution in [0.25, 0.3) is 0 Å². The monoisotopic (exact) mass is 253 g/mol. The molecule has 2 nitrogen and oxygen atoms in total. The minimum Gasteiger partial charge on any atom is -0.383 e. The van der Waals surface area contributed by atoms with Crippen molar-refractivity contribution in [3.8, 4) is 0 Å². The zero-order valence-corrected chi connectivity index (χ0v) is 11.4. The molecule has 0 heterocycles. The fraction of sp³-hybridized carbons (Fsp3) is 0.235. The molecule has 0 spiro atoms. The molecule has 0 aliphatic carbocycles. The second-order valence-corrected chi connectivity index (χ2v) is 4.73. The zero-order chi connectivity index (χ0) is 13.7. The molecule has 2 heteroatoms. The molecule has 0 saturated carbocycles. The molecule has 0 aliphatic rings. The van der Waals surface area contributed by atoms with Crippen LogP contribution in [0.3, 0.4) is 0 Å². The van der Waals surface area contributed by atoms with E-state index in [1.165, 1.54) is 0 Å². The Labute approximate surface area is 114 Å². The highest BCUT2D eigenvalue weighted by Crippen LogP contribution is 2.15. The molecule has 19 heavy (non-hydrogen) atoms. The standard InChI is InChI=1S/C17H19NO/c1-3-13(2)18-16-11-9-15(10-12-16)17(19)14-7-5-4-6-8-14/h4-13,18H,3H2,1-2H3. The number of hydrogen-bond acceptors (Lipinski definition) is 2. The van der Waals surface area contributed by atoms with E-state index in [0.29, 0.717) is 6.04 Å². The van der Waals surface area contributed by atoms with Crippen LogP contribution in [0.1, 0.15) is 36.2 Å². The molecule has 0 bridgehead atoms. The molecule has 0 saturated heterocycles. The number of ketones is 1. The van der Waals surface area contributed by atoms with Crippen molar-refractivity contribution in [1.82, 2.24) is 0 Å². The van der Waals surface area contributed by atoms with E-state index in [-0.39, 0.29) is 5.78 Å². The normalized spacial score (nSPS) is 11.9. The lowest BCUT2D eigenvalue weighted by atomic mass is 10.0. The third-order valence-electron chi connectivity index (χ3n) is 3.21. The number of anilines is 1. The van der Waals surface area contributed by atoms with Crippen LogP contribution in [0.5, 0.6) is 0 Å². The third-order valence-corrected chi connectivity index (χ3v) is 3.21. The summed E-state index contributed by atoms with van der Waals surface area (Å²) in [5.41, 5.74) is 2.50. The molecule has 0 amide bonds. The van der Waals surface area contributed by atoms with Gasteiger partial charge in [-0.2, -0.15) is 0 Å². The minimum atomic E-state index is 0.0655. The van der Waals surface area contributed by atoms with Gasteiger partial charge in [0.15, 0.2) is 5.78 Å². The Kier molecular flexibility index (Phi) is 4.35. The van der Waals surface area contributed by atoms with Crippen LogP contribution in [-0.2, 0) is 0 Å². The largest absolute Gasteiger partial charge is 0.383 e. The SMILES string of the molecule is CCC(C)Nc1ccc(C(=O)c2ccccc2)cc1. The first-order valence-electron chi connectivity index (χ1n) is 6.67. The van der Waals surface area contributed by atoms with Crippen molar-refractivity contribution in [2.45, 2.75) is 26.3 Å². The predicted molar refractivity (Wildman–Crippen MR) is 79.7 cm³/mol. The van der Waals surface area contributed by atoms with Gasteiger partial charge in [-0.15, -0.1) is 0 Å². The molecule has 2 aromatic rings. The first-order chi connectivity index (χ1) is 9.20.